The van der Waals surface area contributed by atoms with Crippen molar-refractivity contribution in [2.75, 3.05) is 6.54 Å². The maximum absolute atomic E-state index is 3.55. The van der Waals surface area contributed by atoms with Gasteiger partial charge in [-0.15, -0.1) is 0 Å². The van der Waals surface area contributed by atoms with Crippen LogP contribution in [0, 0.1) is 13.8 Å². The Hall–Kier alpha value is -1.60. The first-order valence-corrected chi connectivity index (χ1v) is 7.15. The van der Waals surface area contributed by atoms with Crippen LogP contribution >= 0.6 is 0 Å². The van der Waals surface area contributed by atoms with Gasteiger partial charge in [0, 0.05) is 6.04 Å². The Labute approximate surface area is 115 Å². The highest BCUT2D eigenvalue weighted by atomic mass is 14.9. The van der Waals surface area contributed by atoms with Gasteiger partial charge in [-0.1, -0.05) is 48.0 Å². The van der Waals surface area contributed by atoms with Gasteiger partial charge in [-0.3, -0.25) is 0 Å². The average molecular weight is 251 g/mol. The molecule has 1 nitrogen and oxygen atoms in total. The first kappa shape index (κ1) is 12.4. The molecule has 3 rings (SSSR count). The number of hydrogen-bond acceptors (Lipinski definition) is 1. The largest absolute Gasteiger partial charge is 0.310 e. The van der Waals surface area contributed by atoms with Gasteiger partial charge in [0.1, 0.15) is 0 Å². The third kappa shape index (κ3) is 2.57. The molecule has 2 aromatic carbocycles. The van der Waals surface area contributed by atoms with Crippen LogP contribution in [-0.4, -0.2) is 6.54 Å². The summed E-state index contributed by atoms with van der Waals surface area (Å²) in [6.07, 6.45) is 2.56. The number of nitrogens with one attached hydrogen (secondary N) is 1. The Morgan fingerprint density at radius 3 is 2.42 bits per heavy atom. The fourth-order valence-electron chi connectivity index (χ4n) is 3.00. The van der Waals surface area contributed by atoms with E-state index < -0.39 is 0 Å². The maximum Gasteiger partial charge on any atom is 0.0320 e. The van der Waals surface area contributed by atoms with E-state index in [9.17, 15) is 0 Å². The highest BCUT2D eigenvalue weighted by Gasteiger charge is 2.15. The van der Waals surface area contributed by atoms with E-state index in [1.54, 1.807) is 0 Å². The van der Waals surface area contributed by atoms with Gasteiger partial charge in [0.15, 0.2) is 0 Å². The van der Waals surface area contributed by atoms with Crippen molar-refractivity contribution in [3.05, 3.63) is 59.2 Å². The summed E-state index contributed by atoms with van der Waals surface area (Å²) in [7, 11) is 0. The Balaban J connectivity index is 1.89. The first-order chi connectivity index (χ1) is 9.24. The van der Waals surface area contributed by atoms with Gasteiger partial charge < -0.3 is 5.32 Å². The molecular formula is C18H21N. The number of aryl methyl sites for hydroxylation is 2. The molecule has 0 radical (unpaired) electrons. The van der Waals surface area contributed by atoms with Crippen LogP contribution in [0.15, 0.2) is 42.5 Å². The second-order valence-electron chi connectivity index (χ2n) is 5.59. The van der Waals surface area contributed by atoms with Gasteiger partial charge >= 0.3 is 0 Å². The molecule has 0 bridgehead atoms. The molecule has 0 amide bonds. The molecule has 1 N–H and O–H groups in total. The Kier molecular flexibility index (Phi) is 3.39. The molecule has 1 fully saturated rings. The van der Waals surface area contributed by atoms with Crippen LogP contribution in [0.5, 0.6) is 0 Å². The third-order valence-electron chi connectivity index (χ3n) is 4.07. The van der Waals surface area contributed by atoms with E-state index in [4.69, 9.17) is 0 Å². The van der Waals surface area contributed by atoms with E-state index in [0.29, 0.717) is 6.04 Å². The van der Waals surface area contributed by atoms with Crippen molar-refractivity contribution >= 4 is 0 Å². The van der Waals surface area contributed by atoms with E-state index in [1.807, 2.05) is 0 Å². The van der Waals surface area contributed by atoms with Crippen LogP contribution in [0.25, 0.3) is 11.1 Å². The van der Waals surface area contributed by atoms with E-state index in [-0.39, 0.29) is 0 Å². The summed E-state index contributed by atoms with van der Waals surface area (Å²) in [4.78, 5) is 0. The summed E-state index contributed by atoms with van der Waals surface area (Å²) < 4.78 is 0. The van der Waals surface area contributed by atoms with Crippen molar-refractivity contribution in [3.8, 4) is 11.1 Å². The van der Waals surface area contributed by atoms with Gasteiger partial charge in [0.2, 0.25) is 0 Å². The number of benzene rings is 2. The highest BCUT2D eigenvalue weighted by molar-refractivity contribution is 5.67. The van der Waals surface area contributed by atoms with Crippen molar-refractivity contribution in [2.45, 2.75) is 32.7 Å². The molecule has 1 atom stereocenters. The Bertz CT molecular complexity index is 563. The minimum atomic E-state index is 0.563. The molecule has 0 spiro atoms. The molecule has 0 aromatic heterocycles. The third-order valence-corrected chi connectivity index (χ3v) is 4.07. The molecule has 1 heteroatoms. The highest BCUT2D eigenvalue weighted by Crippen LogP contribution is 2.28. The van der Waals surface area contributed by atoms with Crippen molar-refractivity contribution in [1.82, 2.24) is 5.32 Å². The average Bonchev–Trinajstić information content (AvgIpc) is 2.93. The van der Waals surface area contributed by atoms with Crippen LogP contribution < -0.4 is 5.32 Å². The zero-order chi connectivity index (χ0) is 13.2. The summed E-state index contributed by atoms with van der Waals surface area (Å²) in [5.41, 5.74) is 6.77. The predicted molar refractivity (Wildman–Crippen MR) is 81.3 cm³/mol. The fourth-order valence-corrected chi connectivity index (χ4v) is 3.00. The molecule has 2 aromatic rings. The number of hydrogen-bond donors (Lipinski definition) is 1. The minimum absolute atomic E-state index is 0.563. The molecule has 0 aliphatic carbocycles. The summed E-state index contributed by atoms with van der Waals surface area (Å²) in [5, 5.41) is 3.55. The maximum atomic E-state index is 3.55. The normalized spacial score (nSPS) is 18.7. The zero-order valence-corrected chi connectivity index (χ0v) is 11.7. The second-order valence-corrected chi connectivity index (χ2v) is 5.59. The van der Waals surface area contributed by atoms with Gasteiger partial charge in [-0.25, -0.2) is 0 Å². The molecule has 19 heavy (non-hydrogen) atoms. The smallest absolute Gasteiger partial charge is 0.0320 e. The van der Waals surface area contributed by atoms with Gasteiger partial charge in [0.25, 0.3) is 0 Å². The second kappa shape index (κ2) is 5.18. The van der Waals surface area contributed by atoms with Crippen molar-refractivity contribution in [2.24, 2.45) is 0 Å². The topological polar surface area (TPSA) is 12.0 Å². The molecule has 98 valence electrons. The lowest BCUT2D eigenvalue weighted by Gasteiger charge is -2.12. The van der Waals surface area contributed by atoms with Gasteiger partial charge in [-0.2, -0.15) is 0 Å². The molecule has 1 unspecified atom stereocenters. The molecule has 1 heterocycles. The SMILES string of the molecule is Cc1ccc(-c2ccc(C3CCCN3)cc2)c(C)c1. The molecule has 0 saturated carbocycles. The quantitative estimate of drug-likeness (QED) is 0.834. The monoisotopic (exact) mass is 251 g/mol. The minimum Gasteiger partial charge on any atom is -0.310 e. The molecule has 1 saturated heterocycles. The fraction of sp³-hybridized carbons (Fsp3) is 0.333. The van der Waals surface area contributed by atoms with E-state index in [1.165, 1.54) is 40.7 Å². The summed E-state index contributed by atoms with van der Waals surface area (Å²) in [6.45, 7) is 5.49. The Morgan fingerprint density at radius 1 is 1.00 bits per heavy atom. The van der Waals surface area contributed by atoms with Gasteiger partial charge in [-0.05, 0) is 55.5 Å². The van der Waals surface area contributed by atoms with Crippen LogP contribution in [0.3, 0.4) is 0 Å². The summed E-state index contributed by atoms with van der Waals surface area (Å²) >= 11 is 0. The number of rotatable bonds is 2. The van der Waals surface area contributed by atoms with Crippen molar-refractivity contribution in [3.63, 3.8) is 0 Å². The van der Waals surface area contributed by atoms with Crippen LogP contribution in [-0.2, 0) is 0 Å². The van der Waals surface area contributed by atoms with E-state index in [2.05, 4.69) is 61.6 Å². The summed E-state index contributed by atoms with van der Waals surface area (Å²) in [6, 6.07) is 16.3. The summed E-state index contributed by atoms with van der Waals surface area (Å²) in [5.74, 6) is 0. The zero-order valence-electron chi connectivity index (χ0n) is 11.7. The predicted octanol–water partition coefficient (Wildman–Crippen LogP) is 4.39. The standard InChI is InChI=1S/C18H21N/c1-13-5-10-17(14(2)12-13)15-6-8-16(9-7-15)18-4-3-11-19-18/h5-10,12,18-19H,3-4,11H2,1-2H3. The van der Waals surface area contributed by atoms with Crippen LogP contribution in [0.2, 0.25) is 0 Å². The lowest BCUT2D eigenvalue weighted by atomic mass is 9.96. The van der Waals surface area contributed by atoms with Crippen LogP contribution in [0.4, 0.5) is 0 Å². The van der Waals surface area contributed by atoms with Crippen LogP contribution in [0.1, 0.15) is 35.6 Å². The lowest BCUT2D eigenvalue weighted by Crippen LogP contribution is -2.12. The van der Waals surface area contributed by atoms with E-state index in [0.717, 1.165) is 6.54 Å². The van der Waals surface area contributed by atoms with Crippen molar-refractivity contribution < 1.29 is 0 Å². The molecular weight excluding hydrogens is 230 g/mol. The Morgan fingerprint density at radius 2 is 1.79 bits per heavy atom. The molecule has 1 aliphatic rings. The molecule has 1 aliphatic heterocycles. The lowest BCUT2D eigenvalue weighted by molar-refractivity contribution is 0.648. The van der Waals surface area contributed by atoms with Crippen molar-refractivity contribution in [1.29, 1.82) is 0 Å². The van der Waals surface area contributed by atoms with Gasteiger partial charge in [0.05, 0.1) is 0 Å². The van der Waals surface area contributed by atoms with E-state index >= 15 is 0 Å². The first-order valence-electron chi connectivity index (χ1n) is 7.15.